The van der Waals surface area contributed by atoms with Crippen molar-refractivity contribution in [2.24, 2.45) is 0 Å². The Morgan fingerprint density at radius 3 is 2.29 bits per heavy atom. The molecular formula is C39H28N2S. The maximum atomic E-state index is 3.59. The summed E-state index contributed by atoms with van der Waals surface area (Å²) in [6.45, 7) is 0. The largest absolute Gasteiger partial charge is 0.380 e. The second kappa shape index (κ2) is 9.40. The van der Waals surface area contributed by atoms with Crippen LogP contribution in [-0.4, -0.2) is 5.25 Å². The molecule has 0 fully saturated rings. The number of nitrogens with one attached hydrogen (secondary N) is 1. The fourth-order valence-corrected chi connectivity index (χ4v) is 8.62. The van der Waals surface area contributed by atoms with Gasteiger partial charge in [0.25, 0.3) is 0 Å². The minimum atomic E-state index is 0.136. The first-order valence-electron chi connectivity index (χ1n) is 14.6. The van der Waals surface area contributed by atoms with E-state index in [1.165, 1.54) is 66.5 Å². The van der Waals surface area contributed by atoms with Crippen LogP contribution in [0.1, 0.15) is 34.2 Å². The van der Waals surface area contributed by atoms with Crippen LogP contribution < -0.4 is 10.2 Å². The number of rotatable bonds is 2. The Hall–Kier alpha value is -4.73. The van der Waals surface area contributed by atoms with E-state index in [-0.39, 0.29) is 6.04 Å². The van der Waals surface area contributed by atoms with Crippen molar-refractivity contribution in [1.82, 2.24) is 5.32 Å². The lowest BCUT2D eigenvalue weighted by molar-refractivity contribution is 0.721. The van der Waals surface area contributed by atoms with Gasteiger partial charge in [-0.25, -0.2) is 0 Å². The summed E-state index contributed by atoms with van der Waals surface area (Å²) in [5.41, 5.74) is 14.1. The third-order valence-electron chi connectivity index (χ3n) is 9.05. The van der Waals surface area contributed by atoms with Gasteiger partial charge >= 0.3 is 0 Å². The zero-order chi connectivity index (χ0) is 27.6. The molecule has 9 rings (SSSR count). The summed E-state index contributed by atoms with van der Waals surface area (Å²) in [5.74, 6) is 0.422. The average Bonchev–Trinajstić information content (AvgIpc) is 3.38. The summed E-state index contributed by atoms with van der Waals surface area (Å²) in [4.78, 5) is 3.89. The molecule has 3 atom stereocenters. The van der Waals surface area contributed by atoms with Crippen LogP contribution >= 0.6 is 11.8 Å². The molecule has 5 aromatic rings. The smallest absolute Gasteiger partial charge is 0.0768 e. The van der Waals surface area contributed by atoms with Crippen LogP contribution in [0.25, 0.3) is 28.3 Å². The second-order valence-electron chi connectivity index (χ2n) is 11.3. The molecule has 200 valence electrons. The van der Waals surface area contributed by atoms with E-state index in [2.05, 4.69) is 156 Å². The summed E-state index contributed by atoms with van der Waals surface area (Å²) in [6.07, 6.45) is 13.4. The van der Waals surface area contributed by atoms with Crippen molar-refractivity contribution < 1.29 is 0 Å². The Balaban J connectivity index is 1.24. The summed E-state index contributed by atoms with van der Waals surface area (Å²) < 4.78 is 0. The highest BCUT2D eigenvalue weighted by Gasteiger charge is 2.37. The summed E-state index contributed by atoms with van der Waals surface area (Å²) in [7, 11) is 0. The molecule has 0 spiro atoms. The zero-order valence-electron chi connectivity index (χ0n) is 22.9. The molecule has 0 saturated carbocycles. The van der Waals surface area contributed by atoms with Gasteiger partial charge in [0.2, 0.25) is 0 Å². The van der Waals surface area contributed by atoms with Crippen LogP contribution in [0.5, 0.6) is 0 Å². The van der Waals surface area contributed by atoms with Crippen molar-refractivity contribution in [2.45, 2.75) is 22.1 Å². The van der Waals surface area contributed by atoms with Crippen molar-refractivity contribution in [1.29, 1.82) is 0 Å². The Bertz CT molecular complexity index is 1970. The van der Waals surface area contributed by atoms with E-state index >= 15 is 0 Å². The minimum Gasteiger partial charge on any atom is -0.380 e. The van der Waals surface area contributed by atoms with Crippen LogP contribution in [0.2, 0.25) is 0 Å². The number of fused-ring (bicyclic) bond motifs is 10. The monoisotopic (exact) mass is 556 g/mol. The van der Waals surface area contributed by atoms with E-state index in [0.29, 0.717) is 11.2 Å². The molecule has 4 aliphatic rings. The molecule has 3 heterocycles. The predicted octanol–water partition coefficient (Wildman–Crippen LogP) is 10.2. The Kier molecular flexibility index (Phi) is 5.36. The topological polar surface area (TPSA) is 15.3 Å². The molecule has 3 heteroatoms. The third-order valence-corrected chi connectivity index (χ3v) is 10.5. The fourth-order valence-electron chi connectivity index (χ4n) is 7.12. The summed E-state index contributed by atoms with van der Waals surface area (Å²) in [5, 5.41) is 4.03. The first-order valence-corrected chi connectivity index (χ1v) is 15.5. The average molecular weight is 557 g/mol. The Morgan fingerprint density at radius 2 is 1.38 bits per heavy atom. The Morgan fingerprint density at radius 1 is 0.619 bits per heavy atom. The van der Waals surface area contributed by atoms with Gasteiger partial charge in [0.05, 0.1) is 17.4 Å². The third kappa shape index (κ3) is 3.53. The number of hydrogen-bond donors (Lipinski definition) is 1. The maximum absolute atomic E-state index is 3.59. The molecule has 0 aromatic heterocycles. The van der Waals surface area contributed by atoms with Crippen LogP contribution in [-0.2, 0) is 0 Å². The SMILES string of the molecule is C1=CC2Sc3c(ccc4c3-c3ccccc3-c3ccccc3N4c3ccc(C4NC=Cc5ccccc54)cc3)C2C=C1. The van der Waals surface area contributed by atoms with Crippen molar-refractivity contribution in [3.8, 4) is 22.3 Å². The lowest BCUT2D eigenvalue weighted by atomic mass is 9.88. The van der Waals surface area contributed by atoms with Crippen molar-refractivity contribution in [3.63, 3.8) is 0 Å². The summed E-state index contributed by atoms with van der Waals surface area (Å²) >= 11 is 2.02. The van der Waals surface area contributed by atoms with Crippen LogP contribution in [0.4, 0.5) is 17.1 Å². The number of hydrogen-bond acceptors (Lipinski definition) is 3. The number of thioether (sulfide) groups is 1. The van der Waals surface area contributed by atoms with Gasteiger partial charge in [0.15, 0.2) is 0 Å². The van der Waals surface area contributed by atoms with Gasteiger partial charge in [-0.15, -0.1) is 11.8 Å². The van der Waals surface area contributed by atoms with E-state index in [4.69, 9.17) is 0 Å². The zero-order valence-corrected chi connectivity index (χ0v) is 23.8. The lowest BCUT2D eigenvalue weighted by Gasteiger charge is -2.29. The van der Waals surface area contributed by atoms with Crippen LogP contribution in [0.3, 0.4) is 0 Å². The highest BCUT2D eigenvalue weighted by atomic mass is 32.2. The molecule has 42 heavy (non-hydrogen) atoms. The molecule has 0 amide bonds. The maximum Gasteiger partial charge on any atom is 0.0768 e. The molecule has 2 nitrogen and oxygen atoms in total. The van der Waals surface area contributed by atoms with Crippen molar-refractivity contribution in [2.75, 3.05) is 4.90 Å². The molecule has 3 aliphatic heterocycles. The molecule has 5 aromatic carbocycles. The van der Waals surface area contributed by atoms with Gasteiger partial charge < -0.3 is 10.2 Å². The number of para-hydroxylation sites is 1. The number of nitrogens with zero attached hydrogens (tertiary/aromatic N) is 1. The number of benzene rings is 5. The van der Waals surface area contributed by atoms with Crippen LogP contribution in [0, 0.1) is 0 Å². The summed E-state index contributed by atoms with van der Waals surface area (Å²) in [6, 6.07) is 40.5. The van der Waals surface area contributed by atoms with Gasteiger partial charge in [-0.1, -0.05) is 109 Å². The van der Waals surface area contributed by atoms with E-state index in [9.17, 15) is 0 Å². The van der Waals surface area contributed by atoms with E-state index in [1.807, 2.05) is 11.8 Å². The number of allylic oxidation sites excluding steroid dienone is 3. The first-order chi connectivity index (χ1) is 20.8. The van der Waals surface area contributed by atoms with Gasteiger partial charge in [-0.3, -0.25) is 0 Å². The number of anilines is 3. The standard InChI is InChI=1S/C39H28N2S/c1-2-10-28-25(9-1)23-24-40-38(28)26-17-19-27(20-18-26)41-34-15-7-5-12-30(34)29-11-3-4-14-32(29)37-35(41)22-21-33-31-13-6-8-16-36(31)42-39(33)37/h1-24,31,36,38,40H. The van der Waals surface area contributed by atoms with E-state index < -0.39 is 0 Å². The molecule has 1 N–H and O–H groups in total. The predicted molar refractivity (Wildman–Crippen MR) is 177 cm³/mol. The van der Waals surface area contributed by atoms with Crippen molar-refractivity contribution >= 4 is 34.9 Å². The lowest BCUT2D eigenvalue weighted by Crippen LogP contribution is -2.20. The highest BCUT2D eigenvalue weighted by Crippen LogP contribution is 2.59. The van der Waals surface area contributed by atoms with Gasteiger partial charge in [-0.05, 0) is 69.9 Å². The van der Waals surface area contributed by atoms with Crippen LogP contribution in [0.15, 0.2) is 145 Å². The Labute approximate surface area is 250 Å². The van der Waals surface area contributed by atoms with Gasteiger partial charge in [0, 0.05) is 32.9 Å². The van der Waals surface area contributed by atoms with Gasteiger partial charge in [-0.2, -0.15) is 0 Å². The molecule has 0 saturated heterocycles. The second-order valence-corrected chi connectivity index (χ2v) is 12.5. The molecule has 3 unspecified atom stereocenters. The van der Waals surface area contributed by atoms with Gasteiger partial charge in [0.1, 0.15) is 0 Å². The molecular weight excluding hydrogens is 529 g/mol. The molecule has 1 aliphatic carbocycles. The van der Waals surface area contributed by atoms with E-state index in [0.717, 1.165) is 0 Å². The highest BCUT2D eigenvalue weighted by molar-refractivity contribution is 8.00. The van der Waals surface area contributed by atoms with E-state index in [1.54, 1.807) is 0 Å². The minimum absolute atomic E-state index is 0.136. The molecule has 0 bridgehead atoms. The first kappa shape index (κ1) is 23.9. The fraction of sp³-hybridized carbons (Fsp3) is 0.0769. The van der Waals surface area contributed by atoms with Crippen molar-refractivity contribution in [3.05, 3.63) is 162 Å². The quantitative estimate of drug-likeness (QED) is 0.228. The normalized spacial score (nSPS) is 20.4. The molecule has 0 radical (unpaired) electrons.